The van der Waals surface area contributed by atoms with Gasteiger partial charge in [-0.1, -0.05) is 12.2 Å². The molecule has 0 spiro atoms. The summed E-state index contributed by atoms with van der Waals surface area (Å²) in [5, 5.41) is 0. The molecule has 0 bridgehead atoms. The molecule has 0 aliphatic rings. The maximum Gasteiger partial charge on any atom is 0.251 e. The van der Waals surface area contributed by atoms with E-state index in [1.165, 1.54) is 11.8 Å². The van der Waals surface area contributed by atoms with E-state index in [1.54, 1.807) is 6.20 Å². The van der Waals surface area contributed by atoms with Crippen molar-refractivity contribution >= 4 is 29.9 Å². The summed E-state index contributed by atoms with van der Waals surface area (Å²) in [5.41, 5.74) is 7.57. The minimum absolute atomic E-state index is 0.381. The Morgan fingerprint density at radius 3 is 3.07 bits per heavy atom. The molecule has 15 heavy (non-hydrogen) atoms. The Morgan fingerprint density at radius 1 is 1.73 bits per heavy atom. The van der Waals surface area contributed by atoms with Crippen molar-refractivity contribution in [2.75, 3.05) is 5.75 Å². The van der Waals surface area contributed by atoms with Crippen LogP contribution >= 0.6 is 24.0 Å². The average Bonchev–Trinajstić information content (AvgIpc) is 2.26. The van der Waals surface area contributed by atoms with Gasteiger partial charge < -0.3 is 10.7 Å². The summed E-state index contributed by atoms with van der Waals surface area (Å²) in [4.78, 5) is 14.8. The number of hydrogen-bond acceptors (Lipinski definition) is 5. The van der Waals surface area contributed by atoms with Gasteiger partial charge in [0.2, 0.25) is 0 Å². The fraction of sp³-hybridized carbons (Fsp3) is 0.250. The molecule has 0 saturated carbocycles. The first-order chi connectivity index (χ1) is 7.15. The van der Waals surface area contributed by atoms with Gasteiger partial charge in [-0.05, 0) is 12.1 Å². The number of carbonyl (C=O) groups is 1. The second-order valence-electron chi connectivity index (χ2n) is 2.79. The van der Waals surface area contributed by atoms with Crippen LogP contribution in [-0.4, -0.2) is 22.7 Å². The summed E-state index contributed by atoms with van der Waals surface area (Å²) in [5.74, 6) is 5.01. The van der Waals surface area contributed by atoms with Crippen molar-refractivity contribution in [3.8, 4) is 0 Å². The van der Waals surface area contributed by atoms with E-state index >= 15 is 0 Å². The molecule has 0 aliphatic carbocycles. The van der Waals surface area contributed by atoms with E-state index in [1.807, 2.05) is 17.6 Å². The minimum Gasteiger partial charge on any atom is -0.352 e. The maximum absolute atomic E-state index is 11.0. The number of aromatic amines is 1. The molecule has 1 atom stereocenters. The summed E-state index contributed by atoms with van der Waals surface area (Å²) in [7, 11) is 0. The molecule has 1 rings (SSSR count). The number of rotatable bonds is 4. The fourth-order valence-electron chi connectivity index (χ4n) is 0.882. The zero-order chi connectivity index (χ0) is 11.3. The molecule has 6 N–H and O–H groups in total. The topological polar surface area (TPSA) is 96.9 Å². The molecular formula is C8H12N4OS2. The largest absolute Gasteiger partial charge is 0.352 e. The number of hydrogen-bond donors (Lipinski definition) is 4. The predicted octanol–water partition coefficient (Wildman–Crippen LogP) is 0.153. The normalized spacial score (nSPS) is 12.1. The van der Waals surface area contributed by atoms with Gasteiger partial charge in [-0.25, -0.2) is 5.84 Å². The maximum atomic E-state index is 11.0. The molecule has 1 aromatic heterocycles. The van der Waals surface area contributed by atoms with Crippen molar-refractivity contribution in [1.82, 2.24) is 10.4 Å². The number of thioether (sulfide) groups is 1. The first-order valence-corrected chi connectivity index (χ1v) is 5.61. The van der Waals surface area contributed by atoms with Gasteiger partial charge in [-0.15, -0.1) is 11.8 Å². The van der Waals surface area contributed by atoms with E-state index in [0.29, 0.717) is 10.4 Å². The third-order valence-electron chi connectivity index (χ3n) is 1.68. The highest BCUT2D eigenvalue weighted by Gasteiger charge is 2.12. The second kappa shape index (κ2) is 5.86. The Hall–Kier alpha value is -0.890. The summed E-state index contributed by atoms with van der Waals surface area (Å²) < 4.78 is 0.642. The average molecular weight is 244 g/mol. The van der Waals surface area contributed by atoms with Gasteiger partial charge in [0.25, 0.3) is 5.91 Å². The summed E-state index contributed by atoms with van der Waals surface area (Å²) >= 11 is 6.48. The van der Waals surface area contributed by atoms with E-state index in [9.17, 15) is 4.79 Å². The van der Waals surface area contributed by atoms with E-state index in [4.69, 9.17) is 23.8 Å². The smallest absolute Gasteiger partial charge is 0.251 e. The summed E-state index contributed by atoms with van der Waals surface area (Å²) in [6.45, 7) is 0. The molecule has 1 aromatic rings. The van der Waals surface area contributed by atoms with Crippen LogP contribution in [0.2, 0.25) is 0 Å². The van der Waals surface area contributed by atoms with Crippen molar-refractivity contribution in [2.24, 2.45) is 11.6 Å². The van der Waals surface area contributed by atoms with E-state index in [-0.39, 0.29) is 5.91 Å². The van der Waals surface area contributed by atoms with Gasteiger partial charge in [0.15, 0.2) is 0 Å². The number of nitrogens with one attached hydrogen (secondary N) is 2. The van der Waals surface area contributed by atoms with Crippen LogP contribution < -0.4 is 17.0 Å². The second-order valence-corrected chi connectivity index (χ2v) is 4.26. The number of carbonyl (C=O) groups excluding carboxylic acids is 1. The van der Waals surface area contributed by atoms with Gasteiger partial charge in [-0.3, -0.25) is 10.2 Å². The lowest BCUT2D eigenvalue weighted by molar-refractivity contribution is -0.121. The number of pyridine rings is 1. The van der Waals surface area contributed by atoms with Crippen LogP contribution in [0.15, 0.2) is 23.2 Å². The van der Waals surface area contributed by atoms with E-state index in [0.717, 1.165) is 4.90 Å². The fourth-order valence-corrected chi connectivity index (χ4v) is 2.07. The lowest BCUT2D eigenvalue weighted by atomic mass is 10.3. The molecule has 1 amide bonds. The Labute approximate surface area is 96.6 Å². The van der Waals surface area contributed by atoms with Crippen molar-refractivity contribution in [1.29, 1.82) is 0 Å². The van der Waals surface area contributed by atoms with Gasteiger partial charge in [-0.2, -0.15) is 0 Å². The summed E-state index contributed by atoms with van der Waals surface area (Å²) in [6.07, 6.45) is 1.75. The van der Waals surface area contributed by atoms with Crippen molar-refractivity contribution in [3.63, 3.8) is 0 Å². The zero-order valence-corrected chi connectivity index (χ0v) is 9.53. The van der Waals surface area contributed by atoms with Crippen LogP contribution in [0.25, 0.3) is 0 Å². The van der Waals surface area contributed by atoms with Crippen molar-refractivity contribution in [3.05, 3.63) is 23.0 Å². The third-order valence-corrected chi connectivity index (χ3v) is 3.32. The SMILES string of the molecule is NNC(=O)[C@@H](N)CSc1ccc[nH]c1=S. The molecule has 0 aromatic carbocycles. The van der Waals surface area contributed by atoms with Gasteiger partial charge in [0, 0.05) is 16.8 Å². The van der Waals surface area contributed by atoms with Crippen LogP contribution in [0, 0.1) is 4.64 Å². The zero-order valence-electron chi connectivity index (χ0n) is 7.90. The molecule has 82 valence electrons. The molecule has 0 unspecified atom stereocenters. The monoisotopic (exact) mass is 244 g/mol. The standard InChI is InChI=1S/C8H12N4OS2/c9-5(7(13)12-10)4-15-6-2-1-3-11-8(6)14/h1-3,5H,4,9-10H2,(H,11,14)(H,12,13)/t5-/m0/s1. The van der Waals surface area contributed by atoms with Gasteiger partial charge in [0.1, 0.15) is 4.64 Å². The highest BCUT2D eigenvalue weighted by Crippen LogP contribution is 2.18. The first-order valence-electron chi connectivity index (χ1n) is 4.21. The highest BCUT2D eigenvalue weighted by atomic mass is 32.2. The number of hydrazine groups is 1. The van der Waals surface area contributed by atoms with E-state index in [2.05, 4.69) is 4.98 Å². The van der Waals surface area contributed by atoms with Crippen molar-refractivity contribution < 1.29 is 4.79 Å². The number of aromatic nitrogens is 1. The van der Waals surface area contributed by atoms with Gasteiger partial charge in [0.05, 0.1) is 6.04 Å². The molecular weight excluding hydrogens is 232 g/mol. The van der Waals surface area contributed by atoms with Crippen molar-refractivity contribution in [2.45, 2.75) is 10.9 Å². The quantitative estimate of drug-likeness (QED) is 0.199. The Balaban J connectivity index is 2.54. The molecule has 7 heteroatoms. The minimum atomic E-state index is -0.630. The van der Waals surface area contributed by atoms with Crippen LogP contribution in [0.4, 0.5) is 0 Å². The molecule has 0 aliphatic heterocycles. The van der Waals surface area contributed by atoms with Gasteiger partial charge >= 0.3 is 0 Å². The Morgan fingerprint density at radius 2 is 2.47 bits per heavy atom. The predicted molar refractivity (Wildman–Crippen MR) is 62.7 cm³/mol. The highest BCUT2D eigenvalue weighted by molar-refractivity contribution is 7.99. The van der Waals surface area contributed by atoms with Crippen LogP contribution in [-0.2, 0) is 4.79 Å². The lowest BCUT2D eigenvalue weighted by Crippen LogP contribution is -2.45. The Kier molecular flexibility index (Phi) is 4.76. The van der Waals surface area contributed by atoms with E-state index < -0.39 is 6.04 Å². The first kappa shape index (κ1) is 12.2. The lowest BCUT2D eigenvalue weighted by Gasteiger charge is -2.08. The number of nitrogens with two attached hydrogens (primary N) is 2. The molecule has 0 radical (unpaired) electrons. The molecule has 5 nitrogen and oxygen atoms in total. The van der Waals surface area contributed by atoms with Crippen LogP contribution in [0.1, 0.15) is 0 Å². The number of H-pyrrole nitrogens is 1. The van der Waals surface area contributed by atoms with Crippen LogP contribution in [0.5, 0.6) is 0 Å². The third kappa shape index (κ3) is 3.63. The molecule has 0 fully saturated rings. The molecule has 1 heterocycles. The Bertz CT molecular complexity index is 392. The molecule has 0 saturated heterocycles. The van der Waals surface area contributed by atoms with Crippen LogP contribution in [0.3, 0.4) is 0 Å². The number of amides is 1. The summed E-state index contributed by atoms with van der Waals surface area (Å²) in [6, 6.07) is 3.08.